The second-order valence-electron chi connectivity index (χ2n) is 6.60. The number of phenolic OH excluding ortho intramolecular Hbond substituents is 2. The number of nitrogens with zero attached hydrogens (tertiary/aromatic N) is 2. The molecular formula is C26H25MnN2O8. The third-order valence-corrected chi connectivity index (χ3v) is 3.44. The van der Waals surface area contributed by atoms with E-state index in [0.717, 1.165) is 20.8 Å². The summed E-state index contributed by atoms with van der Waals surface area (Å²) in [5.74, 6) is -2.90. The van der Waals surface area contributed by atoms with E-state index in [1.54, 1.807) is 48.8 Å². The minimum Gasteiger partial charge on any atom is -0.550 e. The molecule has 11 heteroatoms. The molecule has 0 saturated carbocycles. The van der Waals surface area contributed by atoms with Crippen molar-refractivity contribution in [3.05, 3.63) is 83.9 Å². The van der Waals surface area contributed by atoms with Crippen molar-refractivity contribution in [3.63, 3.8) is 0 Å². The fourth-order valence-corrected chi connectivity index (χ4v) is 2.15. The third kappa shape index (κ3) is 18.5. The van der Waals surface area contributed by atoms with Crippen LogP contribution in [-0.4, -0.2) is 40.6 Å². The molecule has 0 aliphatic carbocycles. The molecule has 2 N–H and O–H groups in total. The van der Waals surface area contributed by atoms with Gasteiger partial charge in [0, 0.05) is 41.5 Å². The molecule has 3 rings (SSSR count). The van der Waals surface area contributed by atoms with Crippen LogP contribution in [-0.2, 0) is 31.5 Å². The molecule has 0 unspecified atom stereocenters. The normalized spacial score (nSPS) is 9.38. The van der Waals surface area contributed by atoms with Crippen LogP contribution in [0.4, 0.5) is 11.4 Å². The SMILES string of the molecule is CC(=O)[O-].CC(=O)[O-].CC(=O)[O-].Oc1ccccc1/C=N\c1ccccc1/N=C/c1ccccc1O.[Mn+3]. The van der Waals surface area contributed by atoms with Crippen LogP contribution < -0.4 is 15.3 Å². The Bertz CT molecular complexity index is 1080. The van der Waals surface area contributed by atoms with E-state index >= 15 is 0 Å². The third-order valence-electron chi connectivity index (χ3n) is 3.44. The fourth-order valence-electron chi connectivity index (χ4n) is 2.15. The number of rotatable bonds is 4. The molecule has 0 aliphatic rings. The first-order valence-electron chi connectivity index (χ1n) is 10.2. The van der Waals surface area contributed by atoms with Gasteiger partial charge in [-0.25, -0.2) is 0 Å². The molecule has 3 aromatic rings. The van der Waals surface area contributed by atoms with E-state index in [0.29, 0.717) is 22.5 Å². The average molecular weight is 548 g/mol. The molecule has 194 valence electrons. The quantitative estimate of drug-likeness (QED) is 0.355. The van der Waals surface area contributed by atoms with Crippen LogP contribution in [0, 0.1) is 0 Å². The number of carbonyl (C=O) groups is 3. The van der Waals surface area contributed by atoms with Crippen molar-refractivity contribution >= 4 is 41.7 Å². The zero-order chi connectivity index (χ0) is 27.5. The molecule has 3 aromatic carbocycles. The Kier molecular flexibility index (Phi) is 18.6. The molecule has 0 atom stereocenters. The Balaban J connectivity index is 0. The fraction of sp³-hybridized carbons (Fsp3) is 0.115. The van der Waals surface area contributed by atoms with Gasteiger partial charge >= 0.3 is 17.1 Å². The molecule has 0 spiro atoms. The molecule has 0 aliphatic heterocycles. The first-order valence-corrected chi connectivity index (χ1v) is 10.2. The molecule has 0 amide bonds. The number of hydrogen-bond donors (Lipinski definition) is 2. The van der Waals surface area contributed by atoms with E-state index in [4.69, 9.17) is 29.7 Å². The zero-order valence-corrected chi connectivity index (χ0v) is 21.4. The van der Waals surface area contributed by atoms with Gasteiger partial charge in [0.25, 0.3) is 0 Å². The number of para-hydroxylation sites is 4. The predicted octanol–water partition coefficient (Wildman–Crippen LogP) is 0.865. The Morgan fingerprint density at radius 1 is 0.595 bits per heavy atom. The number of carboxylic acid groups (broad SMARTS) is 3. The maximum atomic E-state index is 9.79. The van der Waals surface area contributed by atoms with Gasteiger partial charge in [-0.1, -0.05) is 36.4 Å². The second-order valence-corrected chi connectivity index (χ2v) is 6.60. The molecule has 0 radical (unpaired) electrons. The van der Waals surface area contributed by atoms with Gasteiger partial charge in [-0.2, -0.15) is 0 Å². The van der Waals surface area contributed by atoms with Crippen molar-refractivity contribution in [2.45, 2.75) is 20.8 Å². The van der Waals surface area contributed by atoms with Crippen LogP contribution in [0.1, 0.15) is 31.9 Å². The van der Waals surface area contributed by atoms with E-state index in [-0.39, 0.29) is 28.6 Å². The summed E-state index contributed by atoms with van der Waals surface area (Å²) in [5.41, 5.74) is 2.62. The number of aliphatic imine (C=N–C) groups is 2. The Labute approximate surface area is 224 Å². The zero-order valence-electron chi connectivity index (χ0n) is 20.2. The van der Waals surface area contributed by atoms with Crippen LogP contribution in [0.2, 0.25) is 0 Å². The largest absolute Gasteiger partial charge is 3.00 e. The van der Waals surface area contributed by atoms with Gasteiger partial charge in [0.15, 0.2) is 0 Å². The topological polar surface area (TPSA) is 186 Å². The van der Waals surface area contributed by atoms with Gasteiger partial charge in [-0.15, -0.1) is 0 Å². The average Bonchev–Trinajstić information content (AvgIpc) is 2.77. The molecule has 0 saturated heterocycles. The summed E-state index contributed by atoms with van der Waals surface area (Å²) < 4.78 is 0. The summed E-state index contributed by atoms with van der Waals surface area (Å²) in [4.78, 5) is 35.5. The maximum absolute atomic E-state index is 9.79. The Hall–Kier alpha value is -4.47. The molecule has 10 nitrogen and oxygen atoms in total. The number of carbonyl (C=O) groups excluding carboxylic acids is 3. The number of carboxylic acids is 3. The number of hydrogen-bond acceptors (Lipinski definition) is 10. The van der Waals surface area contributed by atoms with Gasteiger partial charge in [0.1, 0.15) is 11.5 Å². The standard InChI is InChI=1S/C20H16N2O2.3C2H4O2.Mn/c23-19-11-5-1-7-15(19)13-21-17-9-3-4-10-18(17)22-14-16-8-2-6-12-20(16)24;3*1-2(3)4;/h1-14,23-24H;3*1H3,(H,3,4);/q;;;;+3/p-3/b21-13-,22-14+;;;;. The van der Waals surface area contributed by atoms with Gasteiger partial charge < -0.3 is 39.9 Å². The van der Waals surface area contributed by atoms with Crippen LogP contribution in [0.25, 0.3) is 0 Å². The molecular weight excluding hydrogens is 523 g/mol. The van der Waals surface area contributed by atoms with Crippen molar-refractivity contribution in [2.24, 2.45) is 9.98 Å². The first-order chi connectivity index (χ1) is 16.9. The number of aromatic hydroxyl groups is 2. The van der Waals surface area contributed by atoms with Gasteiger partial charge in [0.05, 0.1) is 11.4 Å². The van der Waals surface area contributed by atoms with E-state index < -0.39 is 17.9 Å². The van der Waals surface area contributed by atoms with Crippen molar-refractivity contribution < 1.29 is 57.0 Å². The summed E-state index contributed by atoms with van der Waals surface area (Å²) in [6.07, 6.45) is 3.20. The van der Waals surface area contributed by atoms with E-state index in [1.165, 1.54) is 0 Å². The molecule has 0 aromatic heterocycles. The van der Waals surface area contributed by atoms with Crippen molar-refractivity contribution in [1.82, 2.24) is 0 Å². The van der Waals surface area contributed by atoms with Gasteiger partial charge in [-0.05, 0) is 57.2 Å². The molecule has 0 heterocycles. The number of aliphatic carboxylic acids is 3. The maximum Gasteiger partial charge on any atom is 3.00 e. The van der Waals surface area contributed by atoms with Crippen LogP contribution >= 0.6 is 0 Å². The van der Waals surface area contributed by atoms with Crippen LogP contribution in [0.3, 0.4) is 0 Å². The van der Waals surface area contributed by atoms with Gasteiger partial charge in [0.2, 0.25) is 0 Å². The van der Waals surface area contributed by atoms with Crippen molar-refractivity contribution in [1.29, 1.82) is 0 Å². The second kappa shape index (κ2) is 19.8. The van der Waals surface area contributed by atoms with E-state index in [1.807, 2.05) is 36.4 Å². The molecule has 37 heavy (non-hydrogen) atoms. The summed E-state index contributed by atoms with van der Waals surface area (Å²) >= 11 is 0. The number of benzene rings is 3. The summed E-state index contributed by atoms with van der Waals surface area (Å²) in [5, 5.41) is 46.3. The van der Waals surface area contributed by atoms with Crippen molar-refractivity contribution in [3.8, 4) is 11.5 Å². The summed E-state index contributed by atoms with van der Waals surface area (Å²) in [6, 6.07) is 21.4. The minimum atomic E-state index is -1.08. The monoisotopic (exact) mass is 548 g/mol. The predicted molar refractivity (Wildman–Crippen MR) is 129 cm³/mol. The molecule has 0 bridgehead atoms. The van der Waals surface area contributed by atoms with Crippen LogP contribution in [0.15, 0.2) is 82.8 Å². The van der Waals surface area contributed by atoms with E-state index in [2.05, 4.69) is 9.98 Å². The summed E-state index contributed by atoms with van der Waals surface area (Å²) in [7, 11) is 0. The minimum absolute atomic E-state index is 0. The number of phenols is 2. The van der Waals surface area contributed by atoms with E-state index in [9.17, 15) is 10.2 Å². The van der Waals surface area contributed by atoms with Crippen LogP contribution in [0.5, 0.6) is 11.5 Å². The Morgan fingerprint density at radius 3 is 1.11 bits per heavy atom. The van der Waals surface area contributed by atoms with Crippen molar-refractivity contribution in [2.75, 3.05) is 0 Å². The summed E-state index contributed by atoms with van der Waals surface area (Å²) in [6.45, 7) is 2.92. The molecule has 0 fully saturated rings. The van der Waals surface area contributed by atoms with Gasteiger partial charge in [-0.3, -0.25) is 9.98 Å². The Morgan fingerprint density at radius 2 is 0.838 bits per heavy atom. The smallest absolute Gasteiger partial charge is 0.550 e. The first kappa shape index (κ1) is 34.7.